The highest BCUT2D eigenvalue weighted by Gasteiger charge is 2.18. The van der Waals surface area contributed by atoms with Crippen LogP contribution < -0.4 is 10.4 Å². The third kappa shape index (κ3) is 5.21. The first-order chi connectivity index (χ1) is 12.7. The maximum Gasteiger partial charge on any atom is 0.236 e. The normalized spacial score (nSPS) is 13.3. The fraction of sp³-hybridized carbons (Fsp3) is 0.200. The minimum absolute atomic E-state index is 0. The summed E-state index contributed by atoms with van der Waals surface area (Å²) >= 11 is 0. The summed E-state index contributed by atoms with van der Waals surface area (Å²) in [4.78, 5) is 18.3. The Morgan fingerprint density at radius 2 is 1.93 bits per heavy atom. The number of Topliss-reactive ketones (excluding diaryl/α,β-unsaturated/α-hetero) is 1. The van der Waals surface area contributed by atoms with Gasteiger partial charge in [0.2, 0.25) is 5.78 Å². The van der Waals surface area contributed by atoms with Crippen molar-refractivity contribution in [2.75, 3.05) is 18.0 Å². The van der Waals surface area contributed by atoms with Gasteiger partial charge in [-0.25, -0.2) is 9.37 Å². The molecule has 0 bridgehead atoms. The Hall–Kier alpha value is -3.05. The predicted molar refractivity (Wildman–Crippen MR) is 101 cm³/mol. The topological polar surface area (TPSA) is 104 Å². The van der Waals surface area contributed by atoms with E-state index in [1.807, 2.05) is 0 Å². The van der Waals surface area contributed by atoms with Gasteiger partial charge in [-0.15, -0.1) is 0 Å². The van der Waals surface area contributed by atoms with Crippen molar-refractivity contribution in [3.8, 4) is 11.8 Å². The van der Waals surface area contributed by atoms with E-state index < -0.39 is 0 Å². The van der Waals surface area contributed by atoms with Crippen LogP contribution in [0.4, 0.5) is 15.9 Å². The Bertz CT molecular complexity index is 875. The van der Waals surface area contributed by atoms with Gasteiger partial charge in [-0.2, -0.15) is 0 Å². The molecule has 2 aromatic rings. The number of carbonyl (C=O) groups excluding carboxylic acids is 1. The van der Waals surface area contributed by atoms with Gasteiger partial charge in [0.05, 0.1) is 0 Å². The van der Waals surface area contributed by atoms with Crippen LogP contribution in [0.1, 0.15) is 23.2 Å². The zero-order chi connectivity index (χ0) is 18.4. The first kappa shape index (κ1) is 20.3. The molecular weight excluding hydrogens is 349 g/mol. The number of quaternary nitrogens is 1. The number of nitrogens with two attached hydrogens (primary N) is 1. The van der Waals surface area contributed by atoms with Gasteiger partial charge < -0.3 is 21.1 Å². The molecular formula is C20H20FN3O3. The maximum absolute atomic E-state index is 12.9. The second kappa shape index (κ2) is 9.59. The maximum atomic E-state index is 12.9. The molecule has 0 amide bonds. The predicted octanol–water partition coefficient (Wildman–Crippen LogP) is 1.50. The van der Waals surface area contributed by atoms with E-state index in [1.54, 1.807) is 24.4 Å². The monoisotopic (exact) mass is 369 g/mol. The summed E-state index contributed by atoms with van der Waals surface area (Å²) in [6, 6.07) is 8.84. The lowest BCUT2D eigenvalue weighted by Gasteiger charge is -2.29. The number of aromatic nitrogens is 1. The highest BCUT2D eigenvalue weighted by molar-refractivity contribution is 6.09. The van der Waals surface area contributed by atoms with E-state index in [2.05, 4.69) is 21.7 Å². The van der Waals surface area contributed by atoms with Crippen molar-refractivity contribution in [3.05, 3.63) is 70.8 Å². The number of nitrogens with zero attached hydrogens (tertiary/aromatic N) is 2. The average molecular weight is 369 g/mol. The molecule has 0 aliphatic carbocycles. The molecule has 4 N–H and O–H groups in total. The van der Waals surface area contributed by atoms with Crippen molar-refractivity contribution < 1.29 is 20.1 Å². The molecule has 140 valence electrons. The van der Waals surface area contributed by atoms with Gasteiger partial charge >= 0.3 is 0 Å². The number of hydrogen-bond acceptors (Lipinski definition) is 4. The third-order valence-electron chi connectivity index (χ3n) is 4.22. The summed E-state index contributed by atoms with van der Waals surface area (Å²) in [5, 5.41) is 11.1. The van der Waals surface area contributed by atoms with Crippen LogP contribution in [-0.2, 0) is 0 Å². The zero-order valence-electron chi connectivity index (χ0n) is 14.6. The molecule has 1 aliphatic heterocycles. The van der Waals surface area contributed by atoms with Gasteiger partial charge in [0, 0.05) is 30.9 Å². The Balaban J connectivity index is 0.00000261. The third-order valence-corrected chi connectivity index (χ3v) is 4.22. The molecule has 0 unspecified atom stereocenters. The van der Waals surface area contributed by atoms with Gasteiger partial charge in [-0.05, 0) is 55.2 Å². The Morgan fingerprint density at radius 3 is 2.59 bits per heavy atom. The summed E-state index contributed by atoms with van der Waals surface area (Å²) in [6.07, 6.45) is 5.06. The molecule has 0 saturated carbocycles. The number of allylic oxidation sites excluding steroid dienone is 1. The highest BCUT2D eigenvalue weighted by atomic mass is 19.1. The quantitative estimate of drug-likeness (QED) is 0.383. The molecule has 3 rings (SSSR count). The molecule has 1 aliphatic rings. The first-order valence-electron chi connectivity index (χ1n) is 8.32. The van der Waals surface area contributed by atoms with E-state index in [0.29, 0.717) is 17.1 Å². The number of hydrogen-bond donors (Lipinski definition) is 1. The lowest BCUT2D eigenvalue weighted by molar-refractivity contribution is -0.496. The highest BCUT2D eigenvalue weighted by Crippen LogP contribution is 2.24. The molecule has 0 radical (unpaired) electrons. The largest absolute Gasteiger partial charge is 0.630 e. The molecule has 2 heterocycles. The Labute approximate surface area is 156 Å². The second-order valence-electron chi connectivity index (χ2n) is 5.93. The number of rotatable bonds is 3. The minimum atomic E-state index is -0.381. The summed E-state index contributed by atoms with van der Waals surface area (Å²) in [5.74, 6) is 5.36. The lowest BCUT2D eigenvalue weighted by Crippen LogP contribution is -2.70. The fourth-order valence-corrected chi connectivity index (χ4v) is 2.79. The van der Waals surface area contributed by atoms with Crippen LogP contribution in [0.5, 0.6) is 0 Å². The van der Waals surface area contributed by atoms with E-state index in [9.17, 15) is 14.4 Å². The molecule has 7 heteroatoms. The smallest absolute Gasteiger partial charge is 0.236 e. The van der Waals surface area contributed by atoms with Crippen LogP contribution in [0.2, 0.25) is 0 Å². The number of benzene rings is 1. The number of piperidine rings is 1. The van der Waals surface area contributed by atoms with E-state index in [-0.39, 0.29) is 17.1 Å². The summed E-state index contributed by atoms with van der Waals surface area (Å²) in [5.41, 5.74) is 2.94. The fourth-order valence-electron chi connectivity index (χ4n) is 2.79. The van der Waals surface area contributed by atoms with Crippen molar-refractivity contribution in [1.82, 2.24) is 4.98 Å². The van der Waals surface area contributed by atoms with E-state index in [0.717, 1.165) is 37.0 Å². The minimum Gasteiger partial charge on any atom is -0.630 e. The van der Waals surface area contributed by atoms with Crippen LogP contribution in [0.25, 0.3) is 0 Å². The molecule has 1 aromatic carbocycles. The molecule has 6 nitrogen and oxygen atoms in total. The molecule has 0 atom stereocenters. The summed E-state index contributed by atoms with van der Waals surface area (Å²) in [7, 11) is 0. The van der Waals surface area contributed by atoms with Gasteiger partial charge in [0.25, 0.3) is 0 Å². The standard InChI is InChI=1S/C20H18FN3O2.H2O/c21-17-8-6-16(7-9-17)19(25)5-1-3-15-10-13-24(14-11-15)20-18(23-26)4-2-12-22-20;/h2-4,6-9,12H,10-11,13-14,23H2;1H2. The van der Waals surface area contributed by atoms with E-state index >= 15 is 0 Å². The lowest BCUT2D eigenvalue weighted by atomic mass is 10.0. The summed E-state index contributed by atoms with van der Waals surface area (Å²) in [6.45, 7) is 1.49. The Morgan fingerprint density at radius 1 is 1.22 bits per heavy atom. The SMILES string of the molecule is O.O=C(C#CC=C1CCN(c2ncccc2[NH2+][O-])CC1)c1ccc(F)cc1. The second-order valence-corrected chi connectivity index (χ2v) is 5.93. The van der Waals surface area contributed by atoms with E-state index in [4.69, 9.17) is 0 Å². The van der Waals surface area contributed by atoms with Gasteiger partial charge in [-0.1, -0.05) is 11.5 Å². The molecule has 1 aromatic heterocycles. The Kier molecular flexibility index (Phi) is 7.20. The number of anilines is 1. The van der Waals surface area contributed by atoms with Crippen LogP contribution in [0, 0.1) is 22.9 Å². The van der Waals surface area contributed by atoms with Crippen molar-refractivity contribution >= 4 is 17.3 Å². The van der Waals surface area contributed by atoms with Crippen LogP contribution in [0.15, 0.2) is 54.2 Å². The molecule has 1 saturated heterocycles. The first-order valence-corrected chi connectivity index (χ1v) is 8.32. The number of pyridine rings is 1. The van der Waals surface area contributed by atoms with Crippen molar-refractivity contribution in [1.29, 1.82) is 0 Å². The van der Waals surface area contributed by atoms with Gasteiger partial charge in [0.1, 0.15) is 5.82 Å². The van der Waals surface area contributed by atoms with Crippen LogP contribution in [-0.4, -0.2) is 29.3 Å². The van der Waals surface area contributed by atoms with Crippen LogP contribution in [0.3, 0.4) is 0 Å². The van der Waals surface area contributed by atoms with Crippen molar-refractivity contribution in [2.24, 2.45) is 0 Å². The van der Waals surface area contributed by atoms with Gasteiger partial charge in [-0.3, -0.25) is 4.79 Å². The van der Waals surface area contributed by atoms with Crippen molar-refractivity contribution in [3.63, 3.8) is 0 Å². The molecule has 1 fully saturated rings. The molecule has 0 spiro atoms. The number of halogens is 1. The molecule has 27 heavy (non-hydrogen) atoms. The van der Waals surface area contributed by atoms with Gasteiger partial charge in [0.15, 0.2) is 11.5 Å². The number of carbonyl (C=O) groups is 1. The average Bonchev–Trinajstić information content (AvgIpc) is 2.69. The number of ketones is 1. The van der Waals surface area contributed by atoms with E-state index in [1.165, 1.54) is 24.3 Å². The van der Waals surface area contributed by atoms with Crippen molar-refractivity contribution in [2.45, 2.75) is 12.8 Å². The summed E-state index contributed by atoms with van der Waals surface area (Å²) < 4.78 is 12.9. The zero-order valence-corrected chi connectivity index (χ0v) is 14.6. The van der Waals surface area contributed by atoms with Crippen LogP contribution >= 0.6 is 0 Å².